The van der Waals surface area contributed by atoms with Gasteiger partial charge in [0.05, 0.1) is 12.0 Å². The fourth-order valence-electron chi connectivity index (χ4n) is 3.48. The minimum Gasteiger partial charge on any atom is -0.468 e. The number of carbonyl (C=O) groups excluding carboxylic acids is 1. The molecule has 0 aromatic heterocycles. The fraction of sp³-hybridized carbons (Fsp3) is 0.650. The lowest BCUT2D eigenvalue weighted by Gasteiger charge is -2.26. The highest BCUT2D eigenvalue weighted by molar-refractivity contribution is 7.89. The highest BCUT2D eigenvalue weighted by atomic mass is 32.2. The van der Waals surface area contributed by atoms with E-state index in [1.165, 1.54) is 13.5 Å². The van der Waals surface area contributed by atoms with Gasteiger partial charge < -0.3 is 4.74 Å². The lowest BCUT2D eigenvalue weighted by atomic mass is 9.85. The van der Waals surface area contributed by atoms with Gasteiger partial charge >= 0.3 is 5.97 Å². The van der Waals surface area contributed by atoms with E-state index in [-0.39, 0.29) is 10.3 Å². The molecular formula is C20H31NO4S. The summed E-state index contributed by atoms with van der Waals surface area (Å²) in [6.07, 6.45) is 6.06. The Morgan fingerprint density at radius 3 is 2.23 bits per heavy atom. The van der Waals surface area contributed by atoms with Crippen molar-refractivity contribution in [3.63, 3.8) is 0 Å². The van der Waals surface area contributed by atoms with Crippen LogP contribution >= 0.6 is 0 Å². The van der Waals surface area contributed by atoms with Crippen LogP contribution in [0.5, 0.6) is 0 Å². The third kappa shape index (κ3) is 5.55. The van der Waals surface area contributed by atoms with E-state index < -0.39 is 22.0 Å². The van der Waals surface area contributed by atoms with Crippen molar-refractivity contribution in [2.45, 2.75) is 75.6 Å². The maximum absolute atomic E-state index is 12.7. The summed E-state index contributed by atoms with van der Waals surface area (Å²) in [5.74, 6) is -0.163. The van der Waals surface area contributed by atoms with Gasteiger partial charge in [-0.15, -0.1) is 0 Å². The van der Waals surface area contributed by atoms with Crippen LogP contribution in [0.4, 0.5) is 0 Å². The van der Waals surface area contributed by atoms with Gasteiger partial charge in [0.1, 0.15) is 6.04 Å². The second-order valence-electron chi connectivity index (χ2n) is 8.21. The molecule has 1 fully saturated rings. The first-order chi connectivity index (χ1) is 12.1. The van der Waals surface area contributed by atoms with Crippen molar-refractivity contribution in [2.75, 3.05) is 7.11 Å². The zero-order valence-electron chi connectivity index (χ0n) is 16.2. The summed E-state index contributed by atoms with van der Waals surface area (Å²) < 4.78 is 32.9. The second-order valence-corrected chi connectivity index (χ2v) is 9.93. The van der Waals surface area contributed by atoms with Crippen molar-refractivity contribution in [1.29, 1.82) is 0 Å². The van der Waals surface area contributed by atoms with E-state index in [0.717, 1.165) is 31.2 Å². The summed E-state index contributed by atoms with van der Waals surface area (Å²) in [4.78, 5) is 12.3. The first kappa shape index (κ1) is 20.9. The number of hydrogen-bond donors (Lipinski definition) is 1. The molecule has 0 spiro atoms. The quantitative estimate of drug-likeness (QED) is 0.761. The molecule has 5 nitrogen and oxygen atoms in total. The van der Waals surface area contributed by atoms with E-state index in [2.05, 4.69) is 25.5 Å². The summed E-state index contributed by atoms with van der Waals surface area (Å²) in [6, 6.07) is 6.00. The normalized spacial score (nSPS) is 17.7. The van der Waals surface area contributed by atoms with Gasteiger partial charge in [0.25, 0.3) is 0 Å². The first-order valence-electron chi connectivity index (χ1n) is 9.34. The molecule has 1 aliphatic carbocycles. The van der Waals surface area contributed by atoms with Gasteiger partial charge in [-0.25, -0.2) is 8.42 Å². The number of sulfonamides is 1. The van der Waals surface area contributed by atoms with Crippen molar-refractivity contribution in [3.05, 3.63) is 29.8 Å². The molecule has 0 saturated heterocycles. The van der Waals surface area contributed by atoms with Gasteiger partial charge in [0, 0.05) is 0 Å². The van der Waals surface area contributed by atoms with E-state index in [0.29, 0.717) is 12.3 Å². The highest BCUT2D eigenvalue weighted by Gasteiger charge is 2.30. The van der Waals surface area contributed by atoms with E-state index in [1.54, 1.807) is 12.1 Å². The number of esters is 1. The molecule has 1 saturated carbocycles. The summed E-state index contributed by atoms with van der Waals surface area (Å²) in [5.41, 5.74) is 1.01. The van der Waals surface area contributed by atoms with Crippen LogP contribution in [0, 0.1) is 5.92 Å². The Bertz CT molecular complexity index is 698. The zero-order chi connectivity index (χ0) is 19.4. The largest absolute Gasteiger partial charge is 0.468 e. The van der Waals surface area contributed by atoms with Crippen LogP contribution in [-0.2, 0) is 25.0 Å². The Labute approximate surface area is 157 Å². The number of benzene rings is 1. The van der Waals surface area contributed by atoms with Gasteiger partial charge in [-0.05, 0) is 35.4 Å². The minimum atomic E-state index is -3.78. The van der Waals surface area contributed by atoms with Crippen molar-refractivity contribution in [3.8, 4) is 0 Å². The van der Waals surface area contributed by atoms with Gasteiger partial charge in [0.2, 0.25) is 10.0 Å². The van der Waals surface area contributed by atoms with Crippen LogP contribution in [0.1, 0.15) is 64.9 Å². The van der Waals surface area contributed by atoms with Crippen molar-refractivity contribution < 1.29 is 17.9 Å². The number of carbonyl (C=O) groups is 1. The molecule has 1 aromatic carbocycles. The number of rotatable bonds is 6. The third-order valence-corrected chi connectivity index (χ3v) is 6.60. The summed E-state index contributed by atoms with van der Waals surface area (Å²) in [7, 11) is -2.48. The Hall–Kier alpha value is -1.40. The van der Waals surface area contributed by atoms with Crippen molar-refractivity contribution in [1.82, 2.24) is 4.72 Å². The number of ether oxygens (including phenoxy) is 1. The van der Waals surface area contributed by atoms with Gasteiger partial charge in [-0.3, -0.25) is 4.79 Å². The monoisotopic (exact) mass is 381 g/mol. The summed E-state index contributed by atoms with van der Waals surface area (Å²) in [5, 5.41) is 0. The first-order valence-corrected chi connectivity index (χ1v) is 10.8. The molecule has 1 N–H and O–H groups in total. The standard InChI is InChI=1S/C20H31NO4S/c1-20(2,3)16-10-12-17(13-11-16)26(23,24)21-18(19(22)25-4)14-15-8-6-5-7-9-15/h10-13,15,18,21H,5-9,14H2,1-4H3. The predicted octanol–water partition coefficient (Wildman–Crippen LogP) is 3.77. The Morgan fingerprint density at radius 2 is 1.73 bits per heavy atom. The van der Waals surface area contributed by atoms with Gasteiger partial charge in [-0.2, -0.15) is 4.72 Å². The molecule has 6 heteroatoms. The number of hydrogen-bond acceptors (Lipinski definition) is 4. The maximum Gasteiger partial charge on any atom is 0.323 e. The van der Waals surface area contributed by atoms with Crippen LogP contribution in [-0.4, -0.2) is 27.5 Å². The topological polar surface area (TPSA) is 72.5 Å². The maximum atomic E-state index is 12.7. The molecule has 2 rings (SSSR count). The Morgan fingerprint density at radius 1 is 1.15 bits per heavy atom. The average Bonchev–Trinajstić information content (AvgIpc) is 2.60. The zero-order valence-corrected chi connectivity index (χ0v) is 17.1. The molecular weight excluding hydrogens is 350 g/mol. The molecule has 1 atom stereocenters. The molecule has 1 aliphatic rings. The minimum absolute atomic E-state index is 0.0503. The molecule has 1 aromatic rings. The smallest absolute Gasteiger partial charge is 0.323 e. The summed E-state index contributed by atoms with van der Waals surface area (Å²) in [6.45, 7) is 6.23. The van der Waals surface area contributed by atoms with Crippen molar-refractivity contribution in [2.24, 2.45) is 5.92 Å². The van der Waals surface area contributed by atoms with Crippen LogP contribution in [0.15, 0.2) is 29.2 Å². The molecule has 26 heavy (non-hydrogen) atoms. The van der Waals surface area contributed by atoms with Crippen LogP contribution < -0.4 is 4.72 Å². The molecule has 146 valence electrons. The average molecular weight is 382 g/mol. The van der Waals surface area contributed by atoms with Crippen LogP contribution in [0.25, 0.3) is 0 Å². The van der Waals surface area contributed by atoms with Crippen LogP contribution in [0.2, 0.25) is 0 Å². The lowest BCUT2D eigenvalue weighted by Crippen LogP contribution is -2.42. The molecule has 0 bridgehead atoms. The van der Waals surface area contributed by atoms with E-state index in [4.69, 9.17) is 4.74 Å². The second kappa shape index (κ2) is 8.53. The van der Waals surface area contributed by atoms with Gasteiger partial charge in [-0.1, -0.05) is 65.0 Å². The number of nitrogens with one attached hydrogen (secondary N) is 1. The molecule has 0 aliphatic heterocycles. The Balaban J connectivity index is 2.15. The van der Waals surface area contributed by atoms with Gasteiger partial charge in [0.15, 0.2) is 0 Å². The molecule has 0 radical (unpaired) electrons. The van der Waals surface area contributed by atoms with Crippen molar-refractivity contribution >= 4 is 16.0 Å². The van der Waals surface area contributed by atoms with E-state index in [9.17, 15) is 13.2 Å². The highest BCUT2D eigenvalue weighted by Crippen LogP contribution is 2.28. The van der Waals surface area contributed by atoms with E-state index in [1.807, 2.05) is 12.1 Å². The summed E-state index contributed by atoms with van der Waals surface area (Å²) >= 11 is 0. The third-order valence-electron chi connectivity index (χ3n) is 5.11. The Kier molecular flexibility index (Phi) is 6.86. The molecule has 1 unspecified atom stereocenters. The predicted molar refractivity (Wildman–Crippen MR) is 102 cm³/mol. The van der Waals surface area contributed by atoms with E-state index >= 15 is 0 Å². The molecule has 0 amide bonds. The fourth-order valence-corrected chi connectivity index (χ4v) is 4.68. The van der Waals surface area contributed by atoms with Crippen LogP contribution in [0.3, 0.4) is 0 Å². The number of methoxy groups -OCH3 is 1. The molecule has 0 heterocycles. The SMILES string of the molecule is COC(=O)C(CC1CCCCC1)NS(=O)(=O)c1ccc(C(C)(C)C)cc1. The lowest BCUT2D eigenvalue weighted by molar-refractivity contribution is -0.143.